The highest BCUT2D eigenvalue weighted by atomic mass is 16.5. The van der Waals surface area contributed by atoms with E-state index in [0.29, 0.717) is 6.04 Å². The minimum atomic E-state index is -0.487. The number of esters is 1. The standard InChI is InChI=1S/C17H34N2O2/c1-6-14(7-2)13-19(8-3)15-10-9-11-17(12-15,18-4)16(20)21-5/h14-15,18H,6-13H2,1-5H3. The van der Waals surface area contributed by atoms with E-state index in [0.717, 1.165) is 38.3 Å². The highest BCUT2D eigenvalue weighted by molar-refractivity contribution is 5.81. The normalized spacial score (nSPS) is 26.3. The lowest BCUT2D eigenvalue weighted by molar-refractivity contribution is -0.151. The molecular formula is C17H34N2O2. The molecule has 0 amide bonds. The Morgan fingerprint density at radius 3 is 2.52 bits per heavy atom. The summed E-state index contributed by atoms with van der Waals surface area (Å²) in [5.41, 5.74) is -0.487. The number of carbonyl (C=O) groups excluding carboxylic acids is 1. The van der Waals surface area contributed by atoms with Gasteiger partial charge in [-0.25, -0.2) is 0 Å². The molecule has 0 aromatic heterocycles. The lowest BCUT2D eigenvalue weighted by Gasteiger charge is -2.43. The molecule has 0 spiro atoms. The number of hydrogen-bond donors (Lipinski definition) is 1. The molecule has 1 N–H and O–H groups in total. The van der Waals surface area contributed by atoms with Crippen molar-refractivity contribution >= 4 is 5.97 Å². The Labute approximate surface area is 130 Å². The van der Waals surface area contributed by atoms with Crippen LogP contribution in [-0.2, 0) is 9.53 Å². The number of nitrogens with one attached hydrogen (secondary N) is 1. The largest absolute Gasteiger partial charge is 0.468 e. The molecule has 0 saturated heterocycles. The second kappa shape index (κ2) is 8.74. The van der Waals surface area contributed by atoms with Crippen molar-refractivity contribution in [3.63, 3.8) is 0 Å². The van der Waals surface area contributed by atoms with Crippen LogP contribution in [0, 0.1) is 5.92 Å². The van der Waals surface area contributed by atoms with Gasteiger partial charge in [0.2, 0.25) is 0 Å². The summed E-state index contributed by atoms with van der Waals surface area (Å²) in [6.45, 7) is 8.98. The van der Waals surface area contributed by atoms with E-state index in [4.69, 9.17) is 4.74 Å². The summed E-state index contributed by atoms with van der Waals surface area (Å²) in [6.07, 6.45) is 6.48. The molecular weight excluding hydrogens is 264 g/mol. The fourth-order valence-corrected chi connectivity index (χ4v) is 3.68. The van der Waals surface area contributed by atoms with Crippen molar-refractivity contribution < 1.29 is 9.53 Å². The van der Waals surface area contributed by atoms with Crippen molar-refractivity contribution in [3.8, 4) is 0 Å². The van der Waals surface area contributed by atoms with Crippen LogP contribution in [0.1, 0.15) is 59.3 Å². The number of nitrogens with zero attached hydrogens (tertiary/aromatic N) is 1. The molecule has 1 rings (SSSR count). The molecule has 2 unspecified atom stereocenters. The lowest BCUT2D eigenvalue weighted by Crippen LogP contribution is -2.58. The second-order valence-electron chi connectivity index (χ2n) is 6.34. The summed E-state index contributed by atoms with van der Waals surface area (Å²) >= 11 is 0. The quantitative estimate of drug-likeness (QED) is 0.700. The van der Waals surface area contributed by atoms with Crippen molar-refractivity contribution in [2.45, 2.75) is 70.9 Å². The van der Waals surface area contributed by atoms with E-state index in [1.54, 1.807) is 0 Å². The molecule has 4 nitrogen and oxygen atoms in total. The average molecular weight is 298 g/mol. The maximum atomic E-state index is 12.2. The third-order valence-electron chi connectivity index (χ3n) is 5.35. The topological polar surface area (TPSA) is 41.6 Å². The van der Waals surface area contributed by atoms with Gasteiger partial charge in [-0.05, 0) is 45.2 Å². The van der Waals surface area contributed by atoms with Gasteiger partial charge in [-0.15, -0.1) is 0 Å². The lowest BCUT2D eigenvalue weighted by atomic mass is 9.78. The van der Waals surface area contributed by atoms with Gasteiger partial charge in [0.15, 0.2) is 0 Å². The minimum absolute atomic E-state index is 0.103. The first kappa shape index (κ1) is 18.4. The van der Waals surface area contributed by atoms with E-state index in [2.05, 4.69) is 31.0 Å². The molecule has 4 heteroatoms. The van der Waals surface area contributed by atoms with E-state index in [1.165, 1.54) is 26.4 Å². The first-order valence-corrected chi connectivity index (χ1v) is 8.58. The maximum Gasteiger partial charge on any atom is 0.326 e. The number of methoxy groups -OCH3 is 1. The summed E-state index contributed by atoms with van der Waals surface area (Å²) in [4.78, 5) is 14.8. The second-order valence-corrected chi connectivity index (χ2v) is 6.34. The maximum absolute atomic E-state index is 12.2. The Morgan fingerprint density at radius 2 is 2.05 bits per heavy atom. The fourth-order valence-electron chi connectivity index (χ4n) is 3.68. The summed E-state index contributed by atoms with van der Waals surface area (Å²) in [7, 11) is 3.38. The number of likely N-dealkylation sites (N-methyl/N-ethyl adjacent to an activating group) is 1. The highest BCUT2D eigenvalue weighted by Gasteiger charge is 2.43. The summed E-state index contributed by atoms with van der Waals surface area (Å²) in [5, 5.41) is 3.26. The third kappa shape index (κ3) is 4.43. The van der Waals surface area contributed by atoms with Crippen molar-refractivity contribution in [3.05, 3.63) is 0 Å². The van der Waals surface area contributed by atoms with Crippen LogP contribution in [0.3, 0.4) is 0 Å². The summed E-state index contributed by atoms with van der Waals surface area (Å²) in [5.74, 6) is 0.655. The molecule has 0 aromatic carbocycles. The van der Waals surface area contributed by atoms with Gasteiger partial charge in [0, 0.05) is 12.6 Å². The number of hydrogen-bond acceptors (Lipinski definition) is 4. The molecule has 1 saturated carbocycles. The summed E-state index contributed by atoms with van der Waals surface area (Å²) < 4.78 is 5.05. The van der Waals surface area contributed by atoms with Gasteiger partial charge in [0.1, 0.15) is 5.54 Å². The Hall–Kier alpha value is -0.610. The molecule has 0 bridgehead atoms. The van der Waals surface area contributed by atoms with Gasteiger partial charge in [0.05, 0.1) is 7.11 Å². The molecule has 0 aromatic rings. The van der Waals surface area contributed by atoms with Gasteiger partial charge in [0.25, 0.3) is 0 Å². The number of ether oxygens (including phenoxy) is 1. The Kier molecular flexibility index (Phi) is 7.67. The van der Waals surface area contributed by atoms with Gasteiger partial charge < -0.3 is 15.0 Å². The van der Waals surface area contributed by atoms with Crippen LogP contribution in [0.15, 0.2) is 0 Å². The van der Waals surface area contributed by atoms with Crippen LogP contribution in [-0.4, -0.2) is 49.7 Å². The molecule has 1 aliphatic rings. The van der Waals surface area contributed by atoms with Crippen molar-refractivity contribution in [1.82, 2.24) is 10.2 Å². The average Bonchev–Trinajstić information content (AvgIpc) is 2.55. The molecule has 1 aliphatic carbocycles. The van der Waals surface area contributed by atoms with E-state index >= 15 is 0 Å². The fraction of sp³-hybridized carbons (Fsp3) is 0.941. The Bertz CT molecular complexity index is 318. The van der Waals surface area contributed by atoms with Crippen molar-refractivity contribution in [1.29, 1.82) is 0 Å². The van der Waals surface area contributed by atoms with Crippen LogP contribution >= 0.6 is 0 Å². The molecule has 0 heterocycles. The predicted octanol–water partition coefficient (Wildman–Crippen LogP) is 2.82. The first-order chi connectivity index (χ1) is 10.1. The zero-order valence-electron chi connectivity index (χ0n) is 14.6. The van der Waals surface area contributed by atoms with Crippen LogP contribution in [0.4, 0.5) is 0 Å². The molecule has 124 valence electrons. The smallest absolute Gasteiger partial charge is 0.326 e. The zero-order valence-corrected chi connectivity index (χ0v) is 14.6. The summed E-state index contributed by atoms with van der Waals surface area (Å²) in [6, 6.07) is 0.482. The number of carbonyl (C=O) groups is 1. The van der Waals surface area contributed by atoms with Crippen molar-refractivity contribution in [2.24, 2.45) is 5.92 Å². The Morgan fingerprint density at radius 1 is 1.38 bits per heavy atom. The van der Waals surface area contributed by atoms with Crippen LogP contribution < -0.4 is 5.32 Å². The predicted molar refractivity (Wildman–Crippen MR) is 87.4 cm³/mol. The van der Waals surface area contributed by atoms with Crippen LogP contribution in [0.2, 0.25) is 0 Å². The molecule has 0 aliphatic heterocycles. The van der Waals surface area contributed by atoms with Gasteiger partial charge in [-0.1, -0.05) is 33.6 Å². The SMILES string of the molecule is CCC(CC)CN(CC)C1CCCC(NC)(C(=O)OC)C1. The van der Waals surface area contributed by atoms with E-state index in [9.17, 15) is 4.79 Å². The van der Waals surface area contributed by atoms with E-state index in [1.807, 2.05) is 7.05 Å². The molecule has 2 atom stereocenters. The Balaban J connectivity index is 2.78. The molecule has 0 radical (unpaired) electrons. The van der Waals surface area contributed by atoms with Gasteiger partial charge in [-0.3, -0.25) is 4.79 Å². The third-order valence-corrected chi connectivity index (χ3v) is 5.35. The van der Waals surface area contributed by atoms with E-state index in [-0.39, 0.29) is 5.97 Å². The minimum Gasteiger partial charge on any atom is -0.468 e. The molecule has 1 fully saturated rings. The van der Waals surface area contributed by atoms with Crippen LogP contribution in [0.5, 0.6) is 0 Å². The van der Waals surface area contributed by atoms with Gasteiger partial charge >= 0.3 is 5.97 Å². The highest BCUT2D eigenvalue weighted by Crippen LogP contribution is 2.32. The number of rotatable bonds is 8. The van der Waals surface area contributed by atoms with E-state index < -0.39 is 5.54 Å². The monoisotopic (exact) mass is 298 g/mol. The first-order valence-electron chi connectivity index (χ1n) is 8.58. The van der Waals surface area contributed by atoms with Gasteiger partial charge in [-0.2, -0.15) is 0 Å². The van der Waals surface area contributed by atoms with Crippen molar-refractivity contribution in [2.75, 3.05) is 27.2 Å². The van der Waals surface area contributed by atoms with Crippen LogP contribution in [0.25, 0.3) is 0 Å². The zero-order chi connectivity index (χ0) is 15.9. The molecule has 21 heavy (non-hydrogen) atoms.